The van der Waals surface area contributed by atoms with E-state index >= 15 is 0 Å². The van der Waals surface area contributed by atoms with Crippen LogP contribution in [0, 0.1) is 6.92 Å². The lowest BCUT2D eigenvalue weighted by molar-refractivity contribution is 0.388. The lowest BCUT2D eigenvalue weighted by Gasteiger charge is -2.09. The van der Waals surface area contributed by atoms with E-state index in [1.54, 1.807) is 7.11 Å². The molecule has 0 spiro atoms. The molecule has 72 valence electrons. The van der Waals surface area contributed by atoms with Gasteiger partial charge in [-0.25, -0.2) is 4.98 Å². The molecule has 0 unspecified atom stereocenters. The monoisotopic (exact) mass is 181 g/mol. The van der Waals surface area contributed by atoms with Crippen molar-refractivity contribution in [1.82, 2.24) is 9.97 Å². The maximum Gasteiger partial charge on any atom is 0.221 e. The SMILES string of the molecule is CCc1nc(C)c(CN)c(OC)n1. The fourth-order valence-corrected chi connectivity index (χ4v) is 1.19. The summed E-state index contributed by atoms with van der Waals surface area (Å²) in [6.45, 7) is 4.35. The van der Waals surface area contributed by atoms with E-state index in [4.69, 9.17) is 10.5 Å². The Morgan fingerprint density at radius 2 is 2.08 bits per heavy atom. The van der Waals surface area contributed by atoms with Crippen molar-refractivity contribution < 1.29 is 4.74 Å². The third-order valence-corrected chi connectivity index (χ3v) is 1.94. The van der Waals surface area contributed by atoms with Gasteiger partial charge in [0.1, 0.15) is 5.82 Å². The number of nitrogens with zero attached hydrogens (tertiary/aromatic N) is 2. The quantitative estimate of drug-likeness (QED) is 0.749. The van der Waals surface area contributed by atoms with Crippen molar-refractivity contribution in [2.45, 2.75) is 26.8 Å². The molecule has 1 rings (SSSR count). The molecule has 0 atom stereocenters. The van der Waals surface area contributed by atoms with Crippen LogP contribution in [0.15, 0.2) is 0 Å². The number of rotatable bonds is 3. The molecule has 0 saturated heterocycles. The van der Waals surface area contributed by atoms with Gasteiger partial charge < -0.3 is 10.5 Å². The summed E-state index contributed by atoms with van der Waals surface area (Å²) < 4.78 is 5.13. The topological polar surface area (TPSA) is 61.0 Å². The van der Waals surface area contributed by atoms with E-state index in [1.807, 2.05) is 13.8 Å². The Bertz CT molecular complexity index is 299. The number of methoxy groups -OCH3 is 1. The maximum atomic E-state index is 5.56. The molecule has 0 bridgehead atoms. The van der Waals surface area contributed by atoms with Crippen LogP contribution in [-0.2, 0) is 13.0 Å². The van der Waals surface area contributed by atoms with Crippen LogP contribution in [-0.4, -0.2) is 17.1 Å². The molecule has 0 radical (unpaired) electrons. The van der Waals surface area contributed by atoms with Crippen LogP contribution >= 0.6 is 0 Å². The first-order valence-electron chi connectivity index (χ1n) is 4.33. The molecule has 4 heteroatoms. The number of hydrogen-bond acceptors (Lipinski definition) is 4. The summed E-state index contributed by atoms with van der Waals surface area (Å²) in [5.74, 6) is 1.40. The Morgan fingerprint density at radius 3 is 2.54 bits per heavy atom. The molecule has 4 nitrogen and oxygen atoms in total. The highest BCUT2D eigenvalue weighted by Crippen LogP contribution is 2.17. The minimum absolute atomic E-state index is 0.416. The summed E-state index contributed by atoms with van der Waals surface area (Å²) >= 11 is 0. The van der Waals surface area contributed by atoms with Crippen LogP contribution in [0.3, 0.4) is 0 Å². The van der Waals surface area contributed by atoms with Gasteiger partial charge in [-0.05, 0) is 6.92 Å². The van der Waals surface area contributed by atoms with Gasteiger partial charge in [-0.2, -0.15) is 4.98 Å². The van der Waals surface area contributed by atoms with E-state index in [9.17, 15) is 0 Å². The first kappa shape index (κ1) is 9.92. The van der Waals surface area contributed by atoms with Gasteiger partial charge in [0.05, 0.1) is 7.11 Å². The van der Waals surface area contributed by atoms with Crippen molar-refractivity contribution >= 4 is 0 Å². The van der Waals surface area contributed by atoms with Crippen LogP contribution in [0.1, 0.15) is 24.0 Å². The van der Waals surface area contributed by atoms with Crippen molar-refractivity contribution in [3.05, 3.63) is 17.1 Å². The Hall–Kier alpha value is -1.16. The molecular weight excluding hydrogens is 166 g/mol. The van der Waals surface area contributed by atoms with Crippen LogP contribution in [0.5, 0.6) is 5.88 Å². The number of aryl methyl sites for hydroxylation is 2. The summed E-state index contributed by atoms with van der Waals surface area (Å²) in [4.78, 5) is 8.53. The zero-order valence-corrected chi connectivity index (χ0v) is 8.29. The van der Waals surface area contributed by atoms with Gasteiger partial charge in [-0.3, -0.25) is 0 Å². The van der Waals surface area contributed by atoms with E-state index in [1.165, 1.54) is 0 Å². The first-order valence-corrected chi connectivity index (χ1v) is 4.33. The van der Waals surface area contributed by atoms with Gasteiger partial charge in [-0.1, -0.05) is 6.92 Å². The van der Waals surface area contributed by atoms with Crippen molar-refractivity contribution in [2.24, 2.45) is 5.73 Å². The molecule has 0 aliphatic heterocycles. The minimum Gasteiger partial charge on any atom is -0.481 e. The predicted octanol–water partition coefficient (Wildman–Crippen LogP) is 0.815. The predicted molar refractivity (Wildman–Crippen MR) is 50.6 cm³/mol. The highest BCUT2D eigenvalue weighted by Gasteiger charge is 2.09. The summed E-state index contributed by atoms with van der Waals surface area (Å²) in [6, 6.07) is 0. The van der Waals surface area contributed by atoms with Gasteiger partial charge in [0.2, 0.25) is 5.88 Å². The first-order chi connectivity index (χ1) is 6.22. The van der Waals surface area contributed by atoms with Crippen LogP contribution < -0.4 is 10.5 Å². The molecule has 0 aromatic carbocycles. The summed E-state index contributed by atoms with van der Waals surface area (Å²) in [7, 11) is 1.60. The molecule has 1 heterocycles. The highest BCUT2D eigenvalue weighted by molar-refractivity contribution is 5.30. The second-order valence-electron chi connectivity index (χ2n) is 2.77. The molecule has 0 fully saturated rings. The van der Waals surface area contributed by atoms with Gasteiger partial charge in [0.15, 0.2) is 0 Å². The fraction of sp³-hybridized carbons (Fsp3) is 0.556. The Kier molecular flexibility index (Phi) is 3.19. The standard InChI is InChI=1S/C9H15N3O/c1-4-8-11-6(2)7(5-10)9(12-8)13-3/h4-5,10H2,1-3H3. The van der Waals surface area contributed by atoms with E-state index in [-0.39, 0.29) is 0 Å². The second-order valence-corrected chi connectivity index (χ2v) is 2.77. The zero-order valence-electron chi connectivity index (χ0n) is 8.29. The van der Waals surface area contributed by atoms with Crippen molar-refractivity contribution in [2.75, 3.05) is 7.11 Å². The van der Waals surface area contributed by atoms with Gasteiger partial charge in [0.25, 0.3) is 0 Å². The largest absolute Gasteiger partial charge is 0.481 e. The van der Waals surface area contributed by atoms with E-state index in [0.29, 0.717) is 12.4 Å². The second kappa shape index (κ2) is 4.18. The summed E-state index contributed by atoms with van der Waals surface area (Å²) in [6.07, 6.45) is 0.808. The Morgan fingerprint density at radius 1 is 1.38 bits per heavy atom. The molecule has 0 amide bonds. The molecule has 1 aromatic rings. The van der Waals surface area contributed by atoms with Crippen LogP contribution in [0.25, 0.3) is 0 Å². The third kappa shape index (κ3) is 1.95. The number of aromatic nitrogens is 2. The molecule has 0 aliphatic carbocycles. The van der Waals surface area contributed by atoms with Crippen molar-refractivity contribution in [3.63, 3.8) is 0 Å². The molecule has 0 saturated carbocycles. The summed E-state index contributed by atoms with van der Waals surface area (Å²) in [5, 5.41) is 0. The highest BCUT2D eigenvalue weighted by atomic mass is 16.5. The minimum atomic E-state index is 0.416. The average molecular weight is 181 g/mol. The Balaban J connectivity index is 3.20. The molecule has 2 N–H and O–H groups in total. The average Bonchev–Trinajstić information content (AvgIpc) is 2.16. The van der Waals surface area contributed by atoms with Crippen molar-refractivity contribution in [3.8, 4) is 5.88 Å². The number of hydrogen-bond donors (Lipinski definition) is 1. The Labute approximate surface area is 78.1 Å². The van der Waals surface area contributed by atoms with E-state index in [2.05, 4.69) is 9.97 Å². The lowest BCUT2D eigenvalue weighted by atomic mass is 10.2. The maximum absolute atomic E-state index is 5.56. The molecule has 13 heavy (non-hydrogen) atoms. The van der Waals surface area contributed by atoms with Crippen LogP contribution in [0.2, 0.25) is 0 Å². The fourth-order valence-electron chi connectivity index (χ4n) is 1.19. The third-order valence-electron chi connectivity index (χ3n) is 1.94. The van der Waals surface area contributed by atoms with E-state index in [0.717, 1.165) is 23.5 Å². The number of nitrogens with two attached hydrogens (primary N) is 1. The molecule has 0 aliphatic rings. The van der Waals surface area contributed by atoms with Crippen molar-refractivity contribution in [1.29, 1.82) is 0 Å². The zero-order chi connectivity index (χ0) is 9.84. The van der Waals surface area contributed by atoms with Gasteiger partial charge in [-0.15, -0.1) is 0 Å². The van der Waals surface area contributed by atoms with Gasteiger partial charge >= 0.3 is 0 Å². The number of ether oxygens (including phenoxy) is 1. The molecule has 1 aromatic heterocycles. The summed E-state index contributed by atoms with van der Waals surface area (Å²) in [5.41, 5.74) is 7.36. The van der Waals surface area contributed by atoms with E-state index < -0.39 is 0 Å². The van der Waals surface area contributed by atoms with Crippen LogP contribution in [0.4, 0.5) is 0 Å². The molecular formula is C9H15N3O. The normalized spacial score (nSPS) is 10.2. The smallest absolute Gasteiger partial charge is 0.221 e. The van der Waals surface area contributed by atoms with Gasteiger partial charge in [0, 0.05) is 24.2 Å². The lowest BCUT2D eigenvalue weighted by Crippen LogP contribution is -2.08.